The zero-order chi connectivity index (χ0) is 20.3. The molecule has 2 N–H and O–H groups in total. The van der Waals surface area contributed by atoms with Gasteiger partial charge in [0, 0.05) is 18.7 Å². The zero-order valence-corrected chi connectivity index (χ0v) is 15.2. The van der Waals surface area contributed by atoms with E-state index in [-0.39, 0.29) is 24.5 Å². The van der Waals surface area contributed by atoms with Crippen LogP contribution in [0.15, 0.2) is 46.0 Å². The first-order chi connectivity index (χ1) is 13.4. The van der Waals surface area contributed by atoms with E-state index < -0.39 is 16.9 Å². The van der Waals surface area contributed by atoms with Crippen molar-refractivity contribution in [1.29, 1.82) is 0 Å². The lowest BCUT2D eigenvalue weighted by Gasteiger charge is -2.12. The standard InChI is InChI=1S/C19H18FN3O5/c1-27-15-6-3-11(9-16(15)28-2)17(24)21-7-8-23-14-5-4-12(20)10-13(14)22-18(25)19(23)26/h3-6,9-10H,7-8H2,1-2H3,(H,21,24)(H,22,25). The molecule has 0 spiro atoms. The number of aromatic amines is 1. The van der Waals surface area contributed by atoms with Gasteiger partial charge in [-0.15, -0.1) is 0 Å². The summed E-state index contributed by atoms with van der Waals surface area (Å²) in [5.74, 6) is -0.00824. The highest BCUT2D eigenvalue weighted by Gasteiger charge is 2.12. The van der Waals surface area contributed by atoms with Gasteiger partial charge in [0.1, 0.15) is 5.82 Å². The summed E-state index contributed by atoms with van der Waals surface area (Å²) in [4.78, 5) is 38.6. The molecule has 0 aliphatic carbocycles. The molecule has 1 aromatic heterocycles. The fourth-order valence-corrected chi connectivity index (χ4v) is 2.83. The number of rotatable bonds is 6. The van der Waals surface area contributed by atoms with Crippen LogP contribution < -0.4 is 25.9 Å². The fraction of sp³-hybridized carbons (Fsp3) is 0.211. The minimum Gasteiger partial charge on any atom is -0.493 e. The first-order valence-electron chi connectivity index (χ1n) is 8.37. The first kappa shape index (κ1) is 19.2. The van der Waals surface area contributed by atoms with Gasteiger partial charge in [-0.05, 0) is 36.4 Å². The molecule has 8 nitrogen and oxygen atoms in total. The third kappa shape index (κ3) is 3.73. The van der Waals surface area contributed by atoms with Gasteiger partial charge in [0.2, 0.25) is 0 Å². The van der Waals surface area contributed by atoms with Crippen LogP contribution >= 0.6 is 0 Å². The highest BCUT2D eigenvalue weighted by Crippen LogP contribution is 2.27. The molecule has 0 atom stereocenters. The summed E-state index contributed by atoms with van der Waals surface area (Å²) in [6.07, 6.45) is 0. The van der Waals surface area contributed by atoms with Crippen molar-refractivity contribution in [2.75, 3.05) is 20.8 Å². The van der Waals surface area contributed by atoms with Gasteiger partial charge in [-0.3, -0.25) is 14.4 Å². The van der Waals surface area contributed by atoms with Gasteiger partial charge in [-0.1, -0.05) is 0 Å². The number of hydrogen-bond acceptors (Lipinski definition) is 5. The van der Waals surface area contributed by atoms with E-state index in [1.807, 2.05) is 0 Å². The number of aromatic nitrogens is 2. The summed E-state index contributed by atoms with van der Waals surface area (Å²) in [7, 11) is 2.96. The van der Waals surface area contributed by atoms with Crippen molar-refractivity contribution in [3.63, 3.8) is 0 Å². The van der Waals surface area contributed by atoms with Gasteiger partial charge in [0.25, 0.3) is 5.91 Å². The van der Waals surface area contributed by atoms with Crippen molar-refractivity contribution in [2.24, 2.45) is 0 Å². The Morgan fingerprint density at radius 2 is 1.86 bits per heavy atom. The molecule has 0 saturated carbocycles. The second kappa shape index (κ2) is 7.95. The van der Waals surface area contributed by atoms with E-state index in [0.29, 0.717) is 22.6 Å². The number of nitrogens with zero attached hydrogens (tertiary/aromatic N) is 1. The fourth-order valence-electron chi connectivity index (χ4n) is 2.83. The van der Waals surface area contributed by atoms with Crippen LogP contribution in [0.1, 0.15) is 10.4 Å². The number of amides is 1. The van der Waals surface area contributed by atoms with Gasteiger partial charge in [0.15, 0.2) is 11.5 Å². The largest absolute Gasteiger partial charge is 0.493 e. The number of carbonyl (C=O) groups excluding carboxylic acids is 1. The number of H-pyrrole nitrogens is 1. The average molecular weight is 387 g/mol. The Morgan fingerprint density at radius 3 is 2.57 bits per heavy atom. The SMILES string of the molecule is COc1ccc(C(=O)NCCn2c(=O)c(=O)[nH]c3cc(F)ccc32)cc1OC. The second-order valence-corrected chi connectivity index (χ2v) is 5.90. The van der Waals surface area contributed by atoms with Crippen LogP contribution in [0.3, 0.4) is 0 Å². The molecule has 0 bridgehead atoms. The van der Waals surface area contributed by atoms with Crippen LogP contribution in [0.2, 0.25) is 0 Å². The van der Waals surface area contributed by atoms with E-state index in [9.17, 15) is 18.8 Å². The van der Waals surface area contributed by atoms with Crippen molar-refractivity contribution in [2.45, 2.75) is 6.54 Å². The Bertz CT molecular complexity index is 1150. The Labute approximate surface area is 158 Å². The predicted octanol–water partition coefficient (Wildman–Crippen LogP) is 1.28. The van der Waals surface area contributed by atoms with E-state index in [2.05, 4.69) is 10.3 Å². The molecule has 3 rings (SSSR count). The van der Waals surface area contributed by atoms with Crippen LogP contribution in [0.25, 0.3) is 11.0 Å². The number of benzene rings is 2. The molecular weight excluding hydrogens is 369 g/mol. The van der Waals surface area contributed by atoms with E-state index in [1.165, 1.54) is 37.0 Å². The smallest absolute Gasteiger partial charge is 0.316 e. The molecule has 3 aromatic rings. The number of carbonyl (C=O) groups is 1. The normalized spacial score (nSPS) is 10.7. The maximum Gasteiger partial charge on any atom is 0.316 e. The summed E-state index contributed by atoms with van der Waals surface area (Å²) in [5, 5.41) is 2.68. The van der Waals surface area contributed by atoms with Gasteiger partial charge in [-0.25, -0.2) is 4.39 Å². The molecule has 1 heterocycles. The molecular formula is C19H18FN3O5. The lowest BCUT2D eigenvalue weighted by molar-refractivity contribution is 0.0952. The van der Waals surface area contributed by atoms with E-state index in [1.54, 1.807) is 12.1 Å². The second-order valence-electron chi connectivity index (χ2n) is 5.90. The summed E-state index contributed by atoms with van der Waals surface area (Å²) >= 11 is 0. The molecule has 0 aliphatic rings. The summed E-state index contributed by atoms with van der Waals surface area (Å²) in [5.41, 5.74) is -0.714. The van der Waals surface area contributed by atoms with E-state index in [4.69, 9.17) is 9.47 Å². The lowest BCUT2D eigenvalue weighted by Crippen LogP contribution is -2.39. The van der Waals surface area contributed by atoms with Gasteiger partial charge < -0.3 is 24.3 Å². The minimum atomic E-state index is -0.857. The molecule has 0 fully saturated rings. The molecule has 0 unspecified atom stereocenters. The minimum absolute atomic E-state index is 0.0456. The van der Waals surface area contributed by atoms with E-state index >= 15 is 0 Å². The zero-order valence-electron chi connectivity index (χ0n) is 15.2. The highest BCUT2D eigenvalue weighted by atomic mass is 19.1. The highest BCUT2D eigenvalue weighted by molar-refractivity contribution is 5.94. The Kier molecular flexibility index (Phi) is 5.44. The molecule has 9 heteroatoms. The van der Waals surface area contributed by atoms with Crippen LogP contribution in [-0.4, -0.2) is 36.2 Å². The van der Waals surface area contributed by atoms with Crippen LogP contribution in [0.4, 0.5) is 4.39 Å². The first-order valence-corrected chi connectivity index (χ1v) is 8.37. The molecule has 0 aliphatic heterocycles. The van der Waals surface area contributed by atoms with Crippen molar-refractivity contribution in [3.8, 4) is 11.5 Å². The monoisotopic (exact) mass is 387 g/mol. The Balaban J connectivity index is 1.78. The molecule has 1 amide bonds. The number of methoxy groups -OCH3 is 2. The van der Waals surface area contributed by atoms with Crippen molar-refractivity contribution in [3.05, 3.63) is 68.5 Å². The molecule has 0 radical (unpaired) electrons. The van der Waals surface area contributed by atoms with Gasteiger partial charge in [0.05, 0.1) is 25.3 Å². The average Bonchev–Trinajstić information content (AvgIpc) is 2.70. The Morgan fingerprint density at radius 1 is 1.11 bits per heavy atom. The number of fused-ring (bicyclic) bond motifs is 1. The molecule has 146 valence electrons. The number of nitrogens with one attached hydrogen (secondary N) is 2. The molecule has 2 aromatic carbocycles. The van der Waals surface area contributed by atoms with Crippen molar-refractivity contribution >= 4 is 16.9 Å². The summed E-state index contributed by atoms with van der Waals surface area (Å²) < 4.78 is 24.9. The van der Waals surface area contributed by atoms with E-state index in [0.717, 1.165) is 6.07 Å². The van der Waals surface area contributed by atoms with Crippen LogP contribution in [0, 0.1) is 5.82 Å². The van der Waals surface area contributed by atoms with Gasteiger partial charge >= 0.3 is 11.1 Å². The number of ether oxygens (including phenoxy) is 2. The summed E-state index contributed by atoms with van der Waals surface area (Å²) in [6, 6.07) is 8.45. The molecule has 28 heavy (non-hydrogen) atoms. The van der Waals surface area contributed by atoms with Crippen molar-refractivity contribution < 1.29 is 18.7 Å². The lowest BCUT2D eigenvalue weighted by atomic mass is 10.2. The maximum absolute atomic E-state index is 13.4. The van der Waals surface area contributed by atoms with Crippen molar-refractivity contribution in [1.82, 2.24) is 14.9 Å². The predicted molar refractivity (Wildman–Crippen MR) is 101 cm³/mol. The molecule has 0 saturated heterocycles. The number of halogens is 1. The third-order valence-electron chi connectivity index (χ3n) is 4.20. The summed E-state index contributed by atoms with van der Waals surface area (Å²) in [6.45, 7) is 0.132. The van der Waals surface area contributed by atoms with Gasteiger partial charge in [-0.2, -0.15) is 0 Å². The quantitative estimate of drug-likeness (QED) is 0.621. The Hall–Kier alpha value is -3.62. The van der Waals surface area contributed by atoms with Crippen LogP contribution in [0.5, 0.6) is 11.5 Å². The maximum atomic E-state index is 13.4. The topological polar surface area (TPSA) is 102 Å². The third-order valence-corrected chi connectivity index (χ3v) is 4.20. The number of hydrogen-bond donors (Lipinski definition) is 2. The van der Waals surface area contributed by atoms with Crippen LogP contribution in [-0.2, 0) is 6.54 Å².